The van der Waals surface area contributed by atoms with E-state index in [9.17, 15) is 9.18 Å². The highest BCUT2D eigenvalue weighted by Crippen LogP contribution is 2.17. The molecule has 3 rings (SSSR count). The van der Waals surface area contributed by atoms with E-state index in [-0.39, 0.29) is 24.4 Å². The summed E-state index contributed by atoms with van der Waals surface area (Å²) in [5, 5.41) is 0.658. The first kappa shape index (κ1) is 18.7. The van der Waals surface area contributed by atoms with Crippen molar-refractivity contribution >= 4 is 17.5 Å². The SMILES string of the molecule is O=C(COc1ccc(F)cc1)N(Cc1ccc(Cl)cc1)C[C@@H]1CCCO1. The molecule has 0 saturated carbocycles. The molecule has 1 saturated heterocycles. The smallest absolute Gasteiger partial charge is 0.260 e. The van der Waals surface area contributed by atoms with Gasteiger partial charge in [-0.05, 0) is 54.8 Å². The molecule has 0 aliphatic carbocycles. The van der Waals surface area contributed by atoms with E-state index >= 15 is 0 Å². The van der Waals surface area contributed by atoms with Crippen LogP contribution in [0.5, 0.6) is 5.75 Å². The van der Waals surface area contributed by atoms with E-state index in [1.807, 2.05) is 12.1 Å². The molecule has 1 aliphatic rings. The molecule has 4 nitrogen and oxygen atoms in total. The van der Waals surface area contributed by atoms with Gasteiger partial charge < -0.3 is 14.4 Å². The molecule has 1 fully saturated rings. The summed E-state index contributed by atoms with van der Waals surface area (Å²) in [6, 6.07) is 13.0. The number of ether oxygens (including phenoxy) is 2. The summed E-state index contributed by atoms with van der Waals surface area (Å²) in [7, 11) is 0. The van der Waals surface area contributed by atoms with E-state index in [1.54, 1.807) is 17.0 Å². The van der Waals surface area contributed by atoms with Crippen LogP contribution < -0.4 is 4.74 Å². The summed E-state index contributed by atoms with van der Waals surface area (Å²) in [5.41, 5.74) is 0.988. The molecule has 6 heteroatoms. The number of carbonyl (C=O) groups excluding carboxylic acids is 1. The third-order valence-electron chi connectivity index (χ3n) is 4.26. The van der Waals surface area contributed by atoms with E-state index in [4.69, 9.17) is 21.1 Å². The zero-order valence-corrected chi connectivity index (χ0v) is 15.1. The summed E-state index contributed by atoms with van der Waals surface area (Å²) < 4.78 is 24.1. The van der Waals surface area contributed by atoms with Gasteiger partial charge >= 0.3 is 0 Å². The van der Waals surface area contributed by atoms with Gasteiger partial charge in [-0.15, -0.1) is 0 Å². The fraction of sp³-hybridized carbons (Fsp3) is 0.350. The Morgan fingerprint density at radius 2 is 1.92 bits per heavy atom. The van der Waals surface area contributed by atoms with Gasteiger partial charge in [-0.2, -0.15) is 0 Å². The number of nitrogens with zero attached hydrogens (tertiary/aromatic N) is 1. The minimum Gasteiger partial charge on any atom is -0.484 e. The molecule has 138 valence electrons. The molecular weight excluding hydrogens is 357 g/mol. The monoisotopic (exact) mass is 377 g/mol. The Balaban J connectivity index is 1.63. The number of hydrogen-bond acceptors (Lipinski definition) is 3. The quantitative estimate of drug-likeness (QED) is 0.730. The number of hydrogen-bond donors (Lipinski definition) is 0. The maximum atomic E-state index is 13.0. The fourth-order valence-corrected chi connectivity index (χ4v) is 2.99. The first-order chi connectivity index (χ1) is 12.6. The van der Waals surface area contributed by atoms with Crippen molar-refractivity contribution in [3.63, 3.8) is 0 Å². The molecule has 0 radical (unpaired) electrons. The van der Waals surface area contributed by atoms with Crippen LogP contribution in [0.4, 0.5) is 4.39 Å². The van der Waals surface area contributed by atoms with E-state index < -0.39 is 0 Å². The van der Waals surface area contributed by atoms with E-state index in [1.165, 1.54) is 24.3 Å². The molecule has 0 bridgehead atoms. The Hall–Kier alpha value is -2.11. The summed E-state index contributed by atoms with van der Waals surface area (Å²) in [5.74, 6) is -0.0190. The Morgan fingerprint density at radius 1 is 1.19 bits per heavy atom. The van der Waals surface area contributed by atoms with Crippen LogP contribution in [0.1, 0.15) is 18.4 Å². The van der Waals surface area contributed by atoms with Crippen LogP contribution in [0, 0.1) is 5.82 Å². The van der Waals surface area contributed by atoms with Gasteiger partial charge in [0.1, 0.15) is 11.6 Å². The summed E-state index contributed by atoms with van der Waals surface area (Å²) in [4.78, 5) is 14.4. The lowest BCUT2D eigenvalue weighted by Gasteiger charge is -2.25. The lowest BCUT2D eigenvalue weighted by molar-refractivity contribution is -0.135. The number of rotatable bonds is 7. The highest BCUT2D eigenvalue weighted by Gasteiger charge is 2.23. The molecule has 1 atom stereocenters. The van der Waals surface area contributed by atoms with Gasteiger partial charge in [-0.1, -0.05) is 23.7 Å². The van der Waals surface area contributed by atoms with E-state index in [2.05, 4.69) is 0 Å². The fourth-order valence-electron chi connectivity index (χ4n) is 2.87. The normalized spacial score (nSPS) is 16.5. The standard InChI is InChI=1S/C20H21ClFNO3/c21-16-5-3-15(4-6-16)12-23(13-19-2-1-11-25-19)20(24)14-26-18-9-7-17(22)8-10-18/h3-10,19H,1-2,11-14H2/t19-/m0/s1. The van der Waals surface area contributed by atoms with E-state index in [0.29, 0.717) is 23.9 Å². The Labute approximate surface area is 157 Å². The molecule has 0 unspecified atom stereocenters. The minimum atomic E-state index is -0.341. The van der Waals surface area contributed by atoms with Crippen molar-refractivity contribution in [2.45, 2.75) is 25.5 Å². The lowest BCUT2D eigenvalue weighted by Crippen LogP contribution is -2.39. The van der Waals surface area contributed by atoms with Gasteiger partial charge in [0.05, 0.1) is 6.10 Å². The van der Waals surface area contributed by atoms with Crippen molar-refractivity contribution < 1.29 is 18.7 Å². The summed E-state index contributed by atoms with van der Waals surface area (Å²) in [6.07, 6.45) is 2.01. The molecule has 2 aromatic carbocycles. The van der Waals surface area contributed by atoms with E-state index in [0.717, 1.165) is 25.0 Å². The molecule has 1 heterocycles. The minimum absolute atomic E-state index is 0.0528. The molecule has 2 aromatic rings. The van der Waals surface area contributed by atoms with Gasteiger partial charge in [0.15, 0.2) is 6.61 Å². The molecule has 0 N–H and O–H groups in total. The molecule has 0 aromatic heterocycles. The van der Waals surface area contributed by atoms with Crippen LogP contribution in [-0.4, -0.2) is 36.7 Å². The van der Waals surface area contributed by atoms with Crippen molar-refractivity contribution in [1.82, 2.24) is 4.90 Å². The highest BCUT2D eigenvalue weighted by atomic mass is 35.5. The average molecular weight is 378 g/mol. The lowest BCUT2D eigenvalue weighted by atomic mass is 10.2. The zero-order valence-electron chi connectivity index (χ0n) is 14.4. The predicted molar refractivity (Wildman–Crippen MR) is 97.7 cm³/mol. The summed E-state index contributed by atoms with van der Waals surface area (Å²) in [6.45, 7) is 1.61. The zero-order chi connectivity index (χ0) is 18.4. The molecule has 1 aliphatic heterocycles. The van der Waals surface area contributed by atoms with Gasteiger partial charge in [-0.3, -0.25) is 4.79 Å². The van der Waals surface area contributed by atoms with Crippen molar-refractivity contribution in [3.8, 4) is 5.75 Å². The van der Waals surface area contributed by atoms with Crippen LogP contribution >= 0.6 is 11.6 Å². The Morgan fingerprint density at radius 3 is 2.58 bits per heavy atom. The van der Waals surface area contributed by atoms with Crippen LogP contribution in [0.15, 0.2) is 48.5 Å². The van der Waals surface area contributed by atoms with Gasteiger partial charge in [-0.25, -0.2) is 4.39 Å². The average Bonchev–Trinajstić information content (AvgIpc) is 3.15. The first-order valence-electron chi connectivity index (χ1n) is 8.62. The molecule has 26 heavy (non-hydrogen) atoms. The van der Waals surface area contributed by atoms with Crippen LogP contribution in [0.25, 0.3) is 0 Å². The van der Waals surface area contributed by atoms with Crippen molar-refractivity contribution in [3.05, 3.63) is 64.9 Å². The Kier molecular flexibility index (Phi) is 6.47. The van der Waals surface area contributed by atoms with Crippen LogP contribution in [0.2, 0.25) is 5.02 Å². The van der Waals surface area contributed by atoms with Gasteiger partial charge in [0, 0.05) is 24.7 Å². The topological polar surface area (TPSA) is 38.8 Å². The highest BCUT2D eigenvalue weighted by molar-refractivity contribution is 6.30. The van der Waals surface area contributed by atoms with Crippen LogP contribution in [0.3, 0.4) is 0 Å². The second-order valence-corrected chi connectivity index (χ2v) is 6.71. The Bertz CT molecular complexity index is 715. The second kappa shape index (κ2) is 9.01. The second-order valence-electron chi connectivity index (χ2n) is 6.28. The number of carbonyl (C=O) groups is 1. The third-order valence-corrected chi connectivity index (χ3v) is 4.52. The molecular formula is C20H21ClFNO3. The van der Waals surface area contributed by atoms with Gasteiger partial charge in [0.2, 0.25) is 0 Å². The number of halogens is 2. The maximum absolute atomic E-state index is 13.0. The number of amides is 1. The third kappa shape index (κ3) is 5.44. The van der Waals surface area contributed by atoms with Crippen LogP contribution in [-0.2, 0) is 16.1 Å². The van der Waals surface area contributed by atoms with Gasteiger partial charge in [0.25, 0.3) is 5.91 Å². The molecule has 0 spiro atoms. The molecule has 1 amide bonds. The largest absolute Gasteiger partial charge is 0.484 e. The van der Waals surface area contributed by atoms with Crippen molar-refractivity contribution in [2.75, 3.05) is 19.8 Å². The first-order valence-corrected chi connectivity index (χ1v) is 9.00. The maximum Gasteiger partial charge on any atom is 0.260 e. The summed E-state index contributed by atoms with van der Waals surface area (Å²) >= 11 is 5.93. The van der Waals surface area contributed by atoms with Crippen molar-refractivity contribution in [1.29, 1.82) is 0 Å². The van der Waals surface area contributed by atoms with Crippen molar-refractivity contribution in [2.24, 2.45) is 0 Å². The predicted octanol–water partition coefficient (Wildman–Crippen LogP) is 4.07. The number of benzene rings is 2.